The first-order valence-corrected chi connectivity index (χ1v) is 7.20. The molecule has 1 aromatic rings. The highest BCUT2D eigenvalue weighted by Gasteiger charge is 2.33. The first-order valence-electron chi connectivity index (χ1n) is 5.88. The zero-order chi connectivity index (χ0) is 15.2. The van der Waals surface area contributed by atoms with E-state index in [1.54, 1.807) is 6.07 Å². The molecule has 0 saturated heterocycles. The number of halogens is 1. The second-order valence-electron chi connectivity index (χ2n) is 4.37. The van der Waals surface area contributed by atoms with E-state index in [2.05, 4.69) is 16.6 Å². The van der Waals surface area contributed by atoms with Crippen LogP contribution < -0.4 is 10.0 Å². The molecular weight excluding hydrogens is 283 g/mol. The fourth-order valence-corrected chi connectivity index (χ4v) is 2.95. The number of carboxylic acid groups (broad SMARTS) is 1. The van der Waals surface area contributed by atoms with Gasteiger partial charge >= 0.3 is 6.09 Å². The molecule has 1 unspecified atom stereocenters. The van der Waals surface area contributed by atoms with Gasteiger partial charge in [-0.1, -0.05) is 24.3 Å². The molecule has 20 heavy (non-hydrogen) atoms. The Hall–Kier alpha value is -1.73. The van der Waals surface area contributed by atoms with Crippen LogP contribution in [0.5, 0.6) is 0 Å². The Morgan fingerprint density at radius 2 is 2.20 bits per heavy atom. The van der Waals surface area contributed by atoms with E-state index < -0.39 is 28.4 Å². The molecule has 0 saturated carbocycles. The molecule has 3 N–H and O–H groups in total. The molecule has 0 aliphatic rings. The minimum atomic E-state index is -1.53. The van der Waals surface area contributed by atoms with Gasteiger partial charge in [-0.3, -0.25) is 0 Å². The number of hydrogen-bond donors (Lipinski definition) is 3. The van der Waals surface area contributed by atoms with Gasteiger partial charge in [-0.25, -0.2) is 18.1 Å². The number of rotatable bonds is 7. The first-order chi connectivity index (χ1) is 9.39. The number of amides is 1. The molecule has 0 spiro atoms. The Bertz CT molecular complexity index is 524. The smallest absolute Gasteiger partial charge is 0.405 e. The fraction of sp³-hybridized carbons (Fsp3) is 0.308. The highest BCUT2D eigenvalue weighted by molar-refractivity contribution is 7.83. The minimum absolute atomic E-state index is 0.103. The topological polar surface area (TPSA) is 78.4 Å². The van der Waals surface area contributed by atoms with Gasteiger partial charge in [0.2, 0.25) is 0 Å². The van der Waals surface area contributed by atoms with Gasteiger partial charge in [0.15, 0.2) is 0 Å². The molecule has 110 valence electrons. The molecule has 0 aliphatic heterocycles. The highest BCUT2D eigenvalue weighted by atomic mass is 32.2. The van der Waals surface area contributed by atoms with Gasteiger partial charge in [-0.2, -0.15) is 0 Å². The molecule has 0 heterocycles. The van der Waals surface area contributed by atoms with E-state index in [1.807, 2.05) is 0 Å². The van der Waals surface area contributed by atoms with Crippen molar-refractivity contribution in [3.63, 3.8) is 0 Å². The van der Waals surface area contributed by atoms with E-state index in [4.69, 9.17) is 5.11 Å². The Labute approximate surface area is 119 Å². The molecule has 0 aliphatic carbocycles. The summed E-state index contributed by atoms with van der Waals surface area (Å²) in [5, 5.41) is 11.2. The van der Waals surface area contributed by atoms with Gasteiger partial charge in [0, 0.05) is 12.1 Å². The van der Waals surface area contributed by atoms with Crippen LogP contribution in [0.25, 0.3) is 0 Å². The quantitative estimate of drug-likeness (QED) is 0.671. The van der Waals surface area contributed by atoms with Crippen molar-refractivity contribution in [1.82, 2.24) is 10.0 Å². The molecule has 0 radical (unpaired) electrons. The molecule has 7 heteroatoms. The van der Waals surface area contributed by atoms with Crippen LogP contribution in [0.1, 0.15) is 12.5 Å². The summed E-state index contributed by atoms with van der Waals surface area (Å²) in [6, 6.07) is 5.81. The molecule has 0 bridgehead atoms. The van der Waals surface area contributed by atoms with Crippen molar-refractivity contribution in [2.24, 2.45) is 0 Å². The maximum absolute atomic E-state index is 13.9. The number of carbonyl (C=O) groups is 1. The van der Waals surface area contributed by atoms with Crippen molar-refractivity contribution in [2.75, 3.05) is 12.3 Å². The summed E-state index contributed by atoms with van der Waals surface area (Å²) in [4.78, 5) is 10.9. The van der Waals surface area contributed by atoms with Gasteiger partial charge in [0.25, 0.3) is 0 Å². The van der Waals surface area contributed by atoms with Crippen LogP contribution >= 0.6 is 0 Å². The summed E-state index contributed by atoms with van der Waals surface area (Å²) in [5.74, 6) is -0.655. The maximum Gasteiger partial charge on any atom is 0.405 e. The van der Waals surface area contributed by atoms with Gasteiger partial charge in [0.1, 0.15) is 5.82 Å². The lowest BCUT2D eigenvalue weighted by Crippen LogP contribution is -2.48. The Morgan fingerprint density at radius 1 is 1.55 bits per heavy atom. The van der Waals surface area contributed by atoms with Crippen molar-refractivity contribution in [3.8, 4) is 0 Å². The molecule has 0 aromatic heterocycles. The zero-order valence-corrected chi connectivity index (χ0v) is 11.9. The summed E-state index contributed by atoms with van der Waals surface area (Å²) in [7, 11) is -1.53. The van der Waals surface area contributed by atoms with E-state index in [0.717, 1.165) is 0 Å². The largest absolute Gasteiger partial charge is 0.465 e. The van der Waals surface area contributed by atoms with Crippen LogP contribution in [0, 0.1) is 5.82 Å². The lowest BCUT2D eigenvalue weighted by Gasteiger charge is -2.29. The number of benzene rings is 1. The third kappa shape index (κ3) is 4.43. The predicted octanol–water partition coefficient (Wildman–Crippen LogP) is 1.75. The number of hydrogen-bond acceptors (Lipinski definition) is 2. The molecular formula is C13H17FN2O3S. The van der Waals surface area contributed by atoms with E-state index in [0.29, 0.717) is 6.54 Å². The normalized spacial score (nSPS) is 15.1. The van der Waals surface area contributed by atoms with Crippen LogP contribution in [-0.2, 0) is 16.5 Å². The lowest BCUT2D eigenvalue weighted by molar-refractivity contribution is 0.182. The van der Waals surface area contributed by atoms with Crippen molar-refractivity contribution in [3.05, 3.63) is 48.3 Å². The monoisotopic (exact) mass is 300 g/mol. The van der Waals surface area contributed by atoms with Gasteiger partial charge in [-0.15, -0.1) is 6.58 Å². The summed E-state index contributed by atoms with van der Waals surface area (Å²) >= 11 is 0. The Morgan fingerprint density at radius 3 is 2.75 bits per heavy atom. The van der Waals surface area contributed by atoms with Crippen LogP contribution in [0.15, 0.2) is 36.9 Å². The average molecular weight is 300 g/mol. The molecule has 1 rings (SSSR count). The third-order valence-electron chi connectivity index (χ3n) is 2.66. The molecule has 2 atom stereocenters. The van der Waals surface area contributed by atoms with Crippen molar-refractivity contribution in [2.45, 2.75) is 12.5 Å². The molecule has 1 aromatic carbocycles. The molecule has 5 nitrogen and oxygen atoms in total. The third-order valence-corrected chi connectivity index (χ3v) is 3.99. The predicted molar refractivity (Wildman–Crippen MR) is 76.1 cm³/mol. The van der Waals surface area contributed by atoms with Crippen LogP contribution in [0.3, 0.4) is 0 Å². The van der Waals surface area contributed by atoms with Crippen LogP contribution in [0.4, 0.5) is 9.18 Å². The highest BCUT2D eigenvalue weighted by Crippen LogP contribution is 2.24. The van der Waals surface area contributed by atoms with Crippen LogP contribution in [0.2, 0.25) is 0 Å². The maximum atomic E-state index is 13.9. The summed E-state index contributed by atoms with van der Waals surface area (Å²) in [6.07, 6.45) is 0.222. The average Bonchev–Trinajstić information content (AvgIpc) is 2.35. The van der Waals surface area contributed by atoms with Gasteiger partial charge in [-0.05, 0) is 13.0 Å². The van der Waals surface area contributed by atoms with E-state index in [9.17, 15) is 13.4 Å². The van der Waals surface area contributed by atoms with Crippen molar-refractivity contribution >= 4 is 17.1 Å². The lowest BCUT2D eigenvalue weighted by atomic mass is 9.94. The molecule has 1 amide bonds. The van der Waals surface area contributed by atoms with E-state index in [-0.39, 0.29) is 11.3 Å². The van der Waals surface area contributed by atoms with Gasteiger partial charge in [0.05, 0.1) is 22.3 Å². The van der Waals surface area contributed by atoms with Crippen molar-refractivity contribution in [1.29, 1.82) is 0 Å². The van der Waals surface area contributed by atoms with Gasteiger partial charge < -0.3 is 10.4 Å². The van der Waals surface area contributed by atoms with E-state index >= 15 is 0 Å². The summed E-state index contributed by atoms with van der Waals surface area (Å²) in [5.41, 5.74) is -1.15. The Balaban J connectivity index is 3.03. The van der Waals surface area contributed by atoms with E-state index in [1.165, 1.54) is 31.2 Å². The summed E-state index contributed by atoms with van der Waals surface area (Å²) < 4.78 is 28.4. The van der Waals surface area contributed by atoms with Crippen molar-refractivity contribution < 1.29 is 18.5 Å². The standard InChI is InChI=1S/C13H17FN2O3S/c1-3-8-15-20(19)9-13(2,16-12(17)18)10-6-4-5-7-11(10)14/h3-7,15-16H,1,8-9H2,2H3,(H,17,18)/t13-,20?/m0/s1. The molecule has 0 fully saturated rings. The zero-order valence-electron chi connectivity index (χ0n) is 11.1. The SMILES string of the molecule is C=CCNS(=O)C[C@](C)(NC(=O)O)c1ccccc1F. The Kier molecular flexibility index (Phi) is 5.84. The second-order valence-corrected chi connectivity index (χ2v) is 5.64. The van der Waals surface area contributed by atoms with Crippen LogP contribution in [-0.4, -0.2) is 27.7 Å². The second kappa shape index (κ2) is 7.16. The number of nitrogens with one attached hydrogen (secondary N) is 2. The fourth-order valence-electron chi connectivity index (χ4n) is 1.79. The minimum Gasteiger partial charge on any atom is -0.465 e. The summed E-state index contributed by atoms with van der Waals surface area (Å²) in [6.45, 7) is 5.29. The first kappa shape index (κ1) is 16.3.